The van der Waals surface area contributed by atoms with Crippen molar-refractivity contribution in [1.82, 2.24) is 0 Å². The Morgan fingerprint density at radius 3 is 2.52 bits per heavy atom. The molecule has 166 valence electrons. The maximum atomic E-state index is 13.5. The Balaban J connectivity index is 1.78. The van der Waals surface area contributed by atoms with E-state index in [9.17, 15) is 14.7 Å². The van der Waals surface area contributed by atoms with Gasteiger partial charge in [0.1, 0.15) is 5.75 Å². The summed E-state index contributed by atoms with van der Waals surface area (Å²) in [6, 6.07) is 19.6. The fourth-order valence-electron chi connectivity index (χ4n) is 3.57. The average Bonchev–Trinajstić information content (AvgIpc) is 3.12. The molecule has 0 fully saturated rings. The summed E-state index contributed by atoms with van der Waals surface area (Å²) in [5, 5.41) is 9.35. The van der Waals surface area contributed by atoms with Crippen molar-refractivity contribution in [3.05, 3.63) is 105 Å². The highest BCUT2D eigenvalue weighted by atomic mass is 79.9. The normalized spacial score (nSPS) is 14.5. The van der Waals surface area contributed by atoms with Gasteiger partial charge in [0.05, 0.1) is 33.1 Å². The number of hydrogen-bond acceptors (Lipinski definition) is 3. The van der Waals surface area contributed by atoms with E-state index in [1.54, 1.807) is 17.0 Å². The number of halogens is 2. The lowest BCUT2D eigenvalue weighted by molar-refractivity contribution is -0.113. The molecule has 1 N–H and O–H groups in total. The van der Waals surface area contributed by atoms with Crippen LogP contribution >= 0.6 is 27.5 Å². The van der Waals surface area contributed by atoms with Gasteiger partial charge >= 0.3 is 5.97 Å². The van der Waals surface area contributed by atoms with Gasteiger partial charge in [-0.3, -0.25) is 9.69 Å². The van der Waals surface area contributed by atoms with Crippen LogP contribution in [0, 0.1) is 0 Å². The Morgan fingerprint density at radius 1 is 1.12 bits per heavy atom. The Hall–Kier alpha value is -3.35. The predicted molar refractivity (Wildman–Crippen MR) is 134 cm³/mol. The molecule has 1 heterocycles. The number of benzene rings is 3. The highest BCUT2D eigenvalue weighted by Crippen LogP contribution is 2.37. The number of carboxylic acid groups (broad SMARTS) is 1. The van der Waals surface area contributed by atoms with Crippen molar-refractivity contribution in [2.45, 2.75) is 6.92 Å². The molecule has 1 aliphatic heterocycles. The SMILES string of the molecule is CCOc1ccc(/C=C2\C=C(c3ccccc3)N(c3ccc(C(=O)O)c(Cl)c3)C2=O)cc1Br. The number of aromatic carboxylic acids is 1. The van der Waals surface area contributed by atoms with Crippen molar-refractivity contribution >= 4 is 56.9 Å². The molecule has 0 aromatic heterocycles. The van der Waals surface area contributed by atoms with E-state index in [4.69, 9.17) is 16.3 Å². The zero-order valence-electron chi connectivity index (χ0n) is 17.6. The molecule has 0 saturated heterocycles. The van der Waals surface area contributed by atoms with Crippen LogP contribution in [0.3, 0.4) is 0 Å². The second-order valence-electron chi connectivity index (χ2n) is 7.23. The lowest BCUT2D eigenvalue weighted by Crippen LogP contribution is -2.25. The summed E-state index contributed by atoms with van der Waals surface area (Å²) in [4.78, 5) is 26.4. The Labute approximate surface area is 204 Å². The van der Waals surface area contributed by atoms with Gasteiger partial charge in [-0.2, -0.15) is 0 Å². The number of carbonyl (C=O) groups is 2. The number of rotatable bonds is 6. The van der Waals surface area contributed by atoms with Crippen molar-refractivity contribution in [3.8, 4) is 5.75 Å². The first kappa shape index (κ1) is 22.8. The summed E-state index contributed by atoms with van der Waals surface area (Å²) in [6.07, 6.45) is 3.63. The molecule has 0 radical (unpaired) electrons. The van der Waals surface area contributed by atoms with Crippen LogP contribution in [0.15, 0.2) is 82.9 Å². The number of ether oxygens (including phenoxy) is 1. The molecule has 0 atom stereocenters. The van der Waals surface area contributed by atoms with Crippen LogP contribution in [0.25, 0.3) is 11.8 Å². The molecule has 1 amide bonds. The summed E-state index contributed by atoms with van der Waals surface area (Å²) < 4.78 is 6.36. The number of carbonyl (C=O) groups excluding carboxylic acids is 1. The molecule has 33 heavy (non-hydrogen) atoms. The quantitative estimate of drug-likeness (QED) is 0.366. The summed E-state index contributed by atoms with van der Waals surface area (Å²) in [6.45, 7) is 2.47. The van der Waals surface area contributed by atoms with E-state index in [-0.39, 0.29) is 16.5 Å². The van der Waals surface area contributed by atoms with Crippen LogP contribution in [0.4, 0.5) is 5.69 Å². The monoisotopic (exact) mass is 523 g/mol. The molecule has 7 heteroatoms. The zero-order chi connectivity index (χ0) is 23.5. The zero-order valence-corrected chi connectivity index (χ0v) is 19.9. The van der Waals surface area contributed by atoms with Crippen molar-refractivity contribution in [3.63, 3.8) is 0 Å². The van der Waals surface area contributed by atoms with Gasteiger partial charge in [0.25, 0.3) is 5.91 Å². The van der Waals surface area contributed by atoms with E-state index in [0.717, 1.165) is 21.3 Å². The van der Waals surface area contributed by atoms with Crippen molar-refractivity contribution in [1.29, 1.82) is 0 Å². The number of nitrogens with zero attached hydrogens (tertiary/aromatic N) is 1. The fourth-order valence-corrected chi connectivity index (χ4v) is 4.34. The predicted octanol–water partition coefficient (Wildman–Crippen LogP) is 6.67. The van der Waals surface area contributed by atoms with E-state index >= 15 is 0 Å². The molecule has 0 saturated carbocycles. The summed E-state index contributed by atoms with van der Waals surface area (Å²) in [5.74, 6) is -0.634. The Morgan fingerprint density at radius 2 is 1.88 bits per heavy atom. The van der Waals surface area contributed by atoms with Crippen molar-refractivity contribution < 1.29 is 19.4 Å². The van der Waals surface area contributed by atoms with Crippen molar-refractivity contribution in [2.24, 2.45) is 0 Å². The van der Waals surface area contributed by atoms with Crippen LogP contribution in [0.1, 0.15) is 28.4 Å². The second kappa shape index (κ2) is 9.65. The molecule has 3 aromatic rings. The molecule has 0 unspecified atom stereocenters. The van der Waals surface area contributed by atoms with Gasteiger partial charge in [-0.1, -0.05) is 48.0 Å². The third kappa shape index (κ3) is 4.72. The largest absolute Gasteiger partial charge is 0.493 e. The number of carboxylic acids is 1. The third-order valence-electron chi connectivity index (χ3n) is 5.07. The molecule has 4 rings (SSSR count). The van der Waals surface area contributed by atoms with Gasteiger partial charge in [-0.25, -0.2) is 4.79 Å². The number of amides is 1. The van der Waals surface area contributed by atoms with Gasteiger partial charge in [-0.15, -0.1) is 0 Å². The molecule has 1 aliphatic rings. The van der Waals surface area contributed by atoms with Crippen LogP contribution in [0.5, 0.6) is 5.75 Å². The third-order valence-corrected chi connectivity index (χ3v) is 6.00. The topological polar surface area (TPSA) is 66.8 Å². The van der Waals surface area contributed by atoms with Gasteiger partial charge in [0.2, 0.25) is 0 Å². The van der Waals surface area contributed by atoms with E-state index in [0.29, 0.717) is 23.6 Å². The molecule has 5 nitrogen and oxygen atoms in total. The highest BCUT2D eigenvalue weighted by molar-refractivity contribution is 9.10. The molecule has 0 spiro atoms. The van der Waals surface area contributed by atoms with E-state index in [1.807, 2.05) is 61.5 Å². The van der Waals surface area contributed by atoms with Gasteiger partial charge in [0.15, 0.2) is 0 Å². The van der Waals surface area contributed by atoms with Crippen molar-refractivity contribution in [2.75, 3.05) is 11.5 Å². The van der Waals surface area contributed by atoms with Gasteiger partial charge in [0, 0.05) is 5.57 Å². The fraction of sp³-hybridized carbons (Fsp3) is 0.0769. The van der Waals surface area contributed by atoms with Crippen LogP contribution < -0.4 is 9.64 Å². The lowest BCUT2D eigenvalue weighted by atomic mass is 10.1. The summed E-state index contributed by atoms with van der Waals surface area (Å²) >= 11 is 9.71. The standard InChI is InChI=1S/C26H19BrClNO4/c1-2-33-24-11-8-16(13-21(24)27)12-18-14-23(17-6-4-3-5-7-17)29(25(18)30)19-9-10-20(26(31)32)22(28)15-19/h3-15H,2H2,1H3,(H,31,32)/b18-12+. The van der Waals surface area contributed by atoms with Crippen LogP contribution in [0.2, 0.25) is 5.02 Å². The minimum atomic E-state index is -1.13. The van der Waals surface area contributed by atoms with Gasteiger partial charge < -0.3 is 9.84 Å². The first-order chi connectivity index (χ1) is 15.9. The second-order valence-corrected chi connectivity index (χ2v) is 8.49. The highest BCUT2D eigenvalue weighted by Gasteiger charge is 2.31. The molecular weight excluding hydrogens is 506 g/mol. The molecular formula is C26H19BrClNO4. The molecule has 3 aromatic carbocycles. The van der Waals surface area contributed by atoms with Crippen LogP contribution in [-0.2, 0) is 4.79 Å². The first-order valence-electron chi connectivity index (χ1n) is 10.2. The summed E-state index contributed by atoms with van der Waals surface area (Å²) in [7, 11) is 0. The molecule has 0 aliphatic carbocycles. The Kier molecular flexibility index (Phi) is 6.67. The van der Waals surface area contributed by atoms with Gasteiger partial charge in [-0.05, 0) is 76.5 Å². The lowest BCUT2D eigenvalue weighted by Gasteiger charge is -2.21. The first-order valence-corrected chi connectivity index (χ1v) is 11.3. The summed E-state index contributed by atoms with van der Waals surface area (Å²) in [5.41, 5.74) is 3.31. The number of anilines is 1. The number of hydrogen-bond donors (Lipinski definition) is 1. The average molecular weight is 525 g/mol. The Bertz CT molecular complexity index is 1300. The maximum absolute atomic E-state index is 13.5. The maximum Gasteiger partial charge on any atom is 0.337 e. The minimum Gasteiger partial charge on any atom is -0.493 e. The van der Waals surface area contributed by atoms with E-state index < -0.39 is 5.97 Å². The smallest absolute Gasteiger partial charge is 0.337 e. The van der Waals surface area contributed by atoms with Crippen LogP contribution in [-0.4, -0.2) is 23.6 Å². The van der Waals surface area contributed by atoms with E-state index in [1.165, 1.54) is 12.1 Å². The minimum absolute atomic E-state index is 0.0210. The molecule has 0 bridgehead atoms. The van der Waals surface area contributed by atoms with E-state index in [2.05, 4.69) is 15.9 Å².